The van der Waals surface area contributed by atoms with Crippen molar-refractivity contribution in [2.24, 2.45) is 5.92 Å². The topological polar surface area (TPSA) is 105 Å². The van der Waals surface area contributed by atoms with Gasteiger partial charge in [0.15, 0.2) is 0 Å². The van der Waals surface area contributed by atoms with Gasteiger partial charge in [0.05, 0.1) is 10.8 Å². The van der Waals surface area contributed by atoms with Gasteiger partial charge in [-0.15, -0.1) is 0 Å². The fourth-order valence-electron chi connectivity index (χ4n) is 2.56. The minimum atomic E-state index is -0.761. The number of carboxylic acids is 1. The van der Waals surface area contributed by atoms with Crippen molar-refractivity contribution in [3.63, 3.8) is 0 Å². The lowest BCUT2D eigenvalue weighted by molar-refractivity contribution is -0.384. The molecule has 1 aliphatic carbocycles. The molecule has 7 heteroatoms. The van der Waals surface area contributed by atoms with Gasteiger partial charge in [0.2, 0.25) is 5.82 Å². The van der Waals surface area contributed by atoms with Crippen molar-refractivity contribution in [1.29, 1.82) is 0 Å². The predicted molar refractivity (Wildman–Crippen MR) is 72.6 cm³/mol. The van der Waals surface area contributed by atoms with E-state index in [-0.39, 0.29) is 23.5 Å². The van der Waals surface area contributed by atoms with Crippen molar-refractivity contribution in [1.82, 2.24) is 4.98 Å². The molecule has 0 radical (unpaired) electrons. The van der Waals surface area contributed by atoms with Crippen molar-refractivity contribution in [2.45, 2.75) is 38.6 Å². The number of nitrogens with one attached hydrogen (secondary N) is 1. The van der Waals surface area contributed by atoms with Gasteiger partial charge in [-0.25, -0.2) is 4.98 Å². The third kappa shape index (κ3) is 3.04. The maximum Gasteiger partial charge on any atom is 0.314 e. The summed E-state index contributed by atoms with van der Waals surface area (Å²) in [5.41, 5.74) is 0.555. The first-order chi connectivity index (χ1) is 9.49. The Bertz CT molecular complexity index is 524. The lowest BCUT2D eigenvalue weighted by Gasteiger charge is -2.27. The molecular weight excluding hydrogens is 262 g/mol. The molecular formula is C13H17N3O4. The Morgan fingerprint density at radius 1 is 1.45 bits per heavy atom. The first kappa shape index (κ1) is 14.2. The van der Waals surface area contributed by atoms with Gasteiger partial charge in [-0.2, -0.15) is 0 Å². The van der Waals surface area contributed by atoms with Gasteiger partial charge in [0, 0.05) is 17.8 Å². The average molecular weight is 279 g/mol. The number of aryl methyl sites for hydroxylation is 1. The molecule has 0 saturated heterocycles. The number of rotatable bonds is 4. The third-order valence-corrected chi connectivity index (χ3v) is 3.73. The van der Waals surface area contributed by atoms with Crippen LogP contribution in [0.5, 0.6) is 0 Å². The summed E-state index contributed by atoms with van der Waals surface area (Å²) < 4.78 is 0. The summed E-state index contributed by atoms with van der Waals surface area (Å²) in [5.74, 6) is -0.787. The van der Waals surface area contributed by atoms with E-state index in [0.29, 0.717) is 31.2 Å². The normalized spacial score (nSPS) is 22.2. The largest absolute Gasteiger partial charge is 0.481 e. The Kier molecular flexibility index (Phi) is 4.16. The van der Waals surface area contributed by atoms with Crippen LogP contribution in [0.15, 0.2) is 12.3 Å². The number of pyridine rings is 1. The summed E-state index contributed by atoms with van der Waals surface area (Å²) in [6, 6.07) is 1.64. The molecule has 0 atom stereocenters. The van der Waals surface area contributed by atoms with E-state index in [1.807, 2.05) is 0 Å². The highest BCUT2D eigenvalue weighted by Crippen LogP contribution is 2.30. The number of nitro groups is 1. The molecule has 0 amide bonds. The fraction of sp³-hybridized carbons (Fsp3) is 0.538. The highest BCUT2D eigenvalue weighted by molar-refractivity contribution is 5.70. The second-order valence-corrected chi connectivity index (χ2v) is 5.11. The number of anilines is 1. The predicted octanol–water partition coefficient (Wildman–Crippen LogP) is 2.35. The molecule has 0 spiro atoms. The molecule has 1 aromatic rings. The molecule has 1 heterocycles. The minimum absolute atomic E-state index is 0.00661. The van der Waals surface area contributed by atoms with Crippen LogP contribution in [0.1, 0.15) is 31.2 Å². The first-order valence-electron chi connectivity index (χ1n) is 6.58. The van der Waals surface area contributed by atoms with Gasteiger partial charge < -0.3 is 10.4 Å². The van der Waals surface area contributed by atoms with Crippen molar-refractivity contribution >= 4 is 17.5 Å². The van der Waals surface area contributed by atoms with E-state index in [9.17, 15) is 14.9 Å². The molecule has 0 aliphatic heterocycles. The lowest BCUT2D eigenvalue weighted by atomic mass is 9.86. The molecule has 108 valence electrons. The molecule has 20 heavy (non-hydrogen) atoms. The zero-order valence-corrected chi connectivity index (χ0v) is 11.2. The van der Waals surface area contributed by atoms with Gasteiger partial charge in [0.1, 0.15) is 0 Å². The quantitative estimate of drug-likeness (QED) is 0.647. The molecule has 0 unspecified atom stereocenters. The monoisotopic (exact) mass is 279 g/mol. The van der Waals surface area contributed by atoms with Crippen LogP contribution < -0.4 is 5.32 Å². The molecule has 7 nitrogen and oxygen atoms in total. The Morgan fingerprint density at radius 2 is 2.10 bits per heavy atom. The van der Waals surface area contributed by atoms with E-state index < -0.39 is 10.9 Å². The number of carbonyl (C=O) groups is 1. The van der Waals surface area contributed by atoms with Crippen LogP contribution in [0, 0.1) is 23.0 Å². The smallest absolute Gasteiger partial charge is 0.314 e. The Labute approximate surface area is 116 Å². The van der Waals surface area contributed by atoms with Crippen molar-refractivity contribution in [3.8, 4) is 0 Å². The van der Waals surface area contributed by atoms with Gasteiger partial charge in [-0.3, -0.25) is 14.9 Å². The van der Waals surface area contributed by atoms with Gasteiger partial charge >= 0.3 is 11.7 Å². The summed E-state index contributed by atoms with van der Waals surface area (Å²) in [5, 5.41) is 23.1. The van der Waals surface area contributed by atoms with E-state index >= 15 is 0 Å². The molecule has 2 N–H and O–H groups in total. The van der Waals surface area contributed by atoms with Gasteiger partial charge in [-0.1, -0.05) is 0 Å². The summed E-state index contributed by atoms with van der Waals surface area (Å²) in [6.45, 7) is 1.67. The summed E-state index contributed by atoms with van der Waals surface area (Å²) in [6.07, 6.45) is 4.08. The highest BCUT2D eigenvalue weighted by atomic mass is 16.6. The van der Waals surface area contributed by atoms with E-state index in [1.165, 1.54) is 6.20 Å². The Hall–Kier alpha value is -2.18. The van der Waals surface area contributed by atoms with E-state index in [0.717, 1.165) is 0 Å². The molecule has 0 bridgehead atoms. The second-order valence-electron chi connectivity index (χ2n) is 5.11. The zero-order valence-electron chi connectivity index (χ0n) is 11.2. The average Bonchev–Trinajstić information content (AvgIpc) is 2.39. The Morgan fingerprint density at radius 3 is 2.65 bits per heavy atom. The van der Waals surface area contributed by atoms with Crippen molar-refractivity contribution < 1.29 is 14.8 Å². The maximum absolute atomic E-state index is 11.1. The van der Waals surface area contributed by atoms with Crippen LogP contribution in [0.3, 0.4) is 0 Å². The number of nitrogens with zero attached hydrogens (tertiary/aromatic N) is 2. The van der Waals surface area contributed by atoms with Crippen LogP contribution in [-0.4, -0.2) is 27.0 Å². The number of carboxylic acid groups (broad SMARTS) is 1. The fourth-order valence-corrected chi connectivity index (χ4v) is 2.56. The number of aromatic nitrogens is 1. The maximum atomic E-state index is 11.1. The molecule has 2 rings (SSSR count). The number of aliphatic carboxylic acids is 1. The second kappa shape index (κ2) is 5.85. The third-order valence-electron chi connectivity index (χ3n) is 3.73. The van der Waals surface area contributed by atoms with Crippen LogP contribution >= 0.6 is 0 Å². The van der Waals surface area contributed by atoms with Crippen molar-refractivity contribution in [3.05, 3.63) is 27.9 Å². The van der Waals surface area contributed by atoms with Crippen LogP contribution in [0.2, 0.25) is 0 Å². The highest BCUT2D eigenvalue weighted by Gasteiger charge is 2.28. The molecule has 1 saturated carbocycles. The standard InChI is InChI=1S/C13H17N3O4/c1-8-6-7-14-12(11(8)16(19)20)15-10-4-2-9(3-5-10)13(17)18/h6-7,9-10H,2-5H2,1H3,(H,14,15)(H,17,18). The van der Waals surface area contributed by atoms with Crippen molar-refractivity contribution in [2.75, 3.05) is 5.32 Å². The van der Waals surface area contributed by atoms with Gasteiger partial charge in [0.25, 0.3) is 0 Å². The van der Waals surface area contributed by atoms with Crippen LogP contribution in [0.4, 0.5) is 11.5 Å². The first-order valence-corrected chi connectivity index (χ1v) is 6.58. The molecule has 1 fully saturated rings. The number of hydrogen-bond donors (Lipinski definition) is 2. The van der Waals surface area contributed by atoms with Crippen LogP contribution in [-0.2, 0) is 4.79 Å². The van der Waals surface area contributed by atoms with E-state index in [1.54, 1.807) is 13.0 Å². The molecule has 1 aliphatic rings. The molecule has 0 aromatic carbocycles. The minimum Gasteiger partial charge on any atom is -0.481 e. The summed E-state index contributed by atoms with van der Waals surface area (Å²) in [4.78, 5) is 25.6. The lowest BCUT2D eigenvalue weighted by Crippen LogP contribution is -2.29. The number of hydrogen-bond acceptors (Lipinski definition) is 5. The Balaban J connectivity index is 2.07. The van der Waals surface area contributed by atoms with Crippen LogP contribution in [0.25, 0.3) is 0 Å². The molecule has 1 aromatic heterocycles. The van der Waals surface area contributed by atoms with Gasteiger partial charge in [-0.05, 0) is 38.7 Å². The summed E-state index contributed by atoms with van der Waals surface area (Å²) in [7, 11) is 0. The van der Waals surface area contributed by atoms with E-state index in [2.05, 4.69) is 10.3 Å². The van der Waals surface area contributed by atoms with E-state index in [4.69, 9.17) is 5.11 Å². The zero-order chi connectivity index (χ0) is 14.7. The SMILES string of the molecule is Cc1ccnc(NC2CCC(C(=O)O)CC2)c1[N+](=O)[O-]. The summed E-state index contributed by atoms with van der Waals surface area (Å²) >= 11 is 0.